The Balaban J connectivity index is 3.87. The van der Waals surface area contributed by atoms with Gasteiger partial charge in [0.2, 0.25) is 0 Å². The van der Waals surface area contributed by atoms with Crippen LogP contribution in [0.15, 0.2) is 0 Å². The first-order valence-electron chi connectivity index (χ1n) is 4.04. The molecule has 0 aliphatic carbocycles. The van der Waals surface area contributed by atoms with Gasteiger partial charge in [-0.2, -0.15) is 0 Å². The predicted octanol–water partition coefficient (Wildman–Crippen LogP) is 0.851. The van der Waals surface area contributed by atoms with Crippen molar-refractivity contribution in [3.8, 4) is 12.3 Å². The van der Waals surface area contributed by atoms with E-state index in [1.54, 1.807) is 0 Å². The molecule has 0 amide bonds. The molecule has 0 fully saturated rings. The Bertz CT molecular complexity index is 183. The van der Waals surface area contributed by atoms with Gasteiger partial charge in [0.15, 0.2) is 0 Å². The highest BCUT2D eigenvalue weighted by atomic mass is 16.4. The maximum atomic E-state index is 10.6. The molecule has 0 saturated heterocycles. The van der Waals surface area contributed by atoms with Crippen LogP contribution in [0.5, 0.6) is 0 Å². The molecule has 2 atom stereocenters. The third kappa shape index (κ3) is 3.99. The van der Waals surface area contributed by atoms with Crippen molar-refractivity contribution in [1.29, 1.82) is 0 Å². The van der Waals surface area contributed by atoms with Crippen LogP contribution in [0.25, 0.3) is 0 Å². The zero-order chi connectivity index (χ0) is 9.56. The minimum atomic E-state index is -0.818. The van der Waals surface area contributed by atoms with Crippen molar-refractivity contribution in [3.63, 3.8) is 0 Å². The second-order valence-corrected chi connectivity index (χ2v) is 2.78. The van der Waals surface area contributed by atoms with E-state index in [1.165, 1.54) is 0 Å². The van der Waals surface area contributed by atoms with Gasteiger partial charge in [-0.05, 0) is 13.3 Å². The summed E-state index contributed by atoms with van der Waals surface area (Å²) < 4.78 is 0. The summed E-state index contributed by atoms with van der Waals surface area (Å²) in [7, 11) is 0. The molecule has 0 aromatic heterocycles. The van der Waals surface area contributed by atoms with E-state index >= 15 is 0 Å². The summed E-state index contributed by atoms with van der Waals surface area (Å²) in [4.78, 5) is 10.6. The molecule has 0 aliphatic heterocycles. The lowest BCUT2D eigenvalue weighted by Gasteiger charge is -2.16. The molecule has 0 spiro atoms. The maximum Gasteiger partial charge on any atom is 0.320 e. The first kappa shape index (κ1) is 11.0. The number of rotatable bonds is 5. The molecule has 2 N–H and O–H groups in total. The smallest absolute Gasteiger partial charge is 0.320 e. The molecule has 3 nitrogen and oxygen atoms in total. The van der Waals surface area contributed by atoms with E-state index in [2.05, 4.69) is 11.2 Å². The largest absolute Gasteiger partial charge is 0.480 e. The fourth-order valence-corrected chi connectivity index (χ4v) is 0.943. The molecule has 0 aromatic carbocycles. The Morgan fingerprint density at radius 3 is 2.67 bits per heavy atom. The highest BCUT2D eigenvalue weighted by molar-refractivity contribution is 5.73. The van der Waals surface area contributed by atoms with Crippen molar-refractivity contribution >= 4 is 5.97 Å². The van der Waals surface area contributed by atoms with Crippen LogP contribution >= 0.6 is 0 Å². The number of hydrogen-bond acceptors (Lipinski definition) is 2. The van der Waals surface area contributed by atoms with Crippen LogP contribution in [0.3, 0.4) is 0 Å². The third-order valence-electron chi connectivity index (χ3n) is 1.62. The Labute approximate surface area is 73.2 Å². The summed E-state index contributed by atoms with van der Waals surface area (Å²) in [5.41, 5.74) is 0. The highest BCUT2D eigenvalue weighted by Gasteiger charge is 2.15. The molecule has 0 aliphatic rings. The molecule has 0 heterocycles. The topological polar surface area (TPSA) is 49.3 Å². The molecular weight excluding hydrogens is 154 g/mol. The number of carboxylic acids is 1. The van der Waals surface area contributed by atoms with Gasteiger partial charge in [0.05, 0.1) is 0 Å². The number of terminal acetylenes is 1. The summed E-state index contributed by atoms with van der Waals surface area (Å²) in [6.07, 6.45) is 6.22. The van der Waals surface area contributed by atoms with Gasteiger partial charge in [-0.25, -0.2) is 0 Å². The van der Waals surface area contributed by atoms with Gasteiger partial charge in [-0.1, -0.05) is 6.92 Å². The zero-order valence-electron chi connectivity index (χ0n) is 7.50. The van der Waals surface area contributed by atoms with E-state index in [9.17, 15) is 4.79 Å². The molecule has 0 rings (SSSR count). The minimum absolute atomic E-state index is 0.0658. The number of carboxylic acid groups (broad SMARTS) is 1. The average molecular weight is 169 g/mol. The summed E-state index contributed by atoms with van der Waals surface area (Å²) in [6.45, 7) is 3.71. The van der Waals surface area contributed by atoms with E-state index in [4.69, 9.17) is 11.5 Å². The number of nitrogens with one attached hydrogen (secondary N) is 1. The lowest BCUT2D eigenvalue weighted by atomic mass is 10.1. The SMILES string of the molecule is C#CCC(C)NC(CC)C(=O)O. The molecular formula is C9H15NO2. The summed E-state index contributed by atoms with van der Waals surface area (Å²) in [5, 5.41) is 11.6. The number of aliphatic carboxylic acids is 1. The van der Waals surface area contributed by atoms with Gasteiger partial charge in [-0.3, -0.25) is 4.79 Å². The Morgan fingerprint density at radius 1 is 1.75 bits per heavy atom. The molecule has 0 bridgehead atoms. The first-order valence-corrected chi connectivity index (χ1v) is 4.04. The van der Waals surface area contributed by atoms with E-state index < -0.39 is 12.0 Å². The van der Waals surface area contributed by atoms with Crippen LogP contribution in [0.4, 0.5) is 0 Å². The minimum Gasteiger partial charge on any atom is -0.480 e. The van der Waals surface area contributed by atoms with Crippen LogP contribution in [0, 0.1) is 12.3 Å². The highest BCUT2D eigenvalue weighted by Crippen LogP contribution is 1.96. The van der Waals surface area contributed by atoms with Gasteiger partial charge in [0.1, 0.15) is 6.04 Å². The van der Waals surface area contributed by atoms with E-state index in [-0.39, 0.29) is 6.04 Å². The van der Waals surface area contributed by atoms with Crippen molar-refractivity contribution in [2.24, 2.45) is 0 Å². The molecule has 2 unspecified atom stereocenters. The maximum absolute atomic E-state index is 10.6. The molecule has 12 heavy (non-hydrogen) atoms. The second-order valence-electron chi connectivity index (χ2n) is 2.78. The monoisotopic (exact) mass is 169 g/mol. The lowest BCUT2D eigenvalue weighted by Crippen LogP contribution is -2.41. The molecule has 0 aromatic rings. The quantitative estimate of drug-likeness (QED) is 0.600. The van der Waals surface area contributed by atoms with Gasteiger partial charge in [0.25, 0.3) is 0 Å². The standard InChI is InChI=1S/C9H15NO2/c1-4-6-7(3)10-8(5-2)9(11)12/h1,7-8,10H,5-6H2,2-3H3,(H,11,12). The average Bonchev–Trinajstić information content (AvgIpc) is 2.00. The van der Waals surface area contributed by atoms with Gasteiger partial charge in [-0.15, -0.1) is 12.3 Å². The Hall–Kier alpha value is -1.01. The van der Waals surface area contributed by atoms with Crippen molar-refractivity contribution < 1.29 is 9.90 Å². The van der Waals surface area contributed by atoms with Crippen molar-refractivity contribution in [2.45, 2.75) is 38.8 Å². The van der Waals surface area contributed by atoms with Crippen molar-refractivity contribution in [3.05, 3.63) is 0 Å². The molecule has 68 valence electrons. The summed E-state index contributed by atoms with van der Waals surface area (Å²) in [6, 6.07) is -0.413. The predicted molar refractivity (Wildman–Crippen MR) is 47.8 cm³/mol. The first-order chi connectivity index (χ1) is 5.61. The van der Waals surface area contributed by atoms with Crippen LogP contribution in [0.2, 0.25) is 0 Å². The third-order valence-corrected chi connectivity index (χ3v) is 1.62. The Morgan fingerprint density at radius 2 is 2.33 bits per heavy atom. The number of hydrogen-bond donors (Lipinski definition) is 2. The van der Waals surface area contributed by atoms with Crippen LogP contribution in [-0.4, -0.2) is 23.2 Å². The summed E-state index contributed by atoms with van der Waals surface area (Å²) >= 11 is 0. The van der Waals surface area contributed by atoms with Crippen LogP contribution in [-0.2, 0) is 4.79 Å². The van der Waals surface area contributed by atoms with Crippen LogP contribution in [0.1, 0.15) is 26.7 Å². The van der Waals surface area contributed by atoms with Gasteiger partial charge in [0, 0.05) is 12.5 Å². The lowest BCUT2D eigenvalue weighted by molar-refractivity contribution is -0.139. The molecule has 0 saturated carbocycles. The molecule has 0 radical (unpaired) electrons. The van der Waals surface area contributed by atoms with E-state index in [0.717, 1.165) is 0 Å². The fraction of sp³-hybridized carbons (Fsp3) is 0.667. The summed E-state index contributed by atoms with van der Waals surface area (Å²) in [5.74, 6) is 1.66. The van der Waals surface area contributed by atoms with Crippen molar-refractivity contribution in [1.82, 2.24) is 5.32 Å². The fourth-order valence-electron chi connectivity index (χ4n) is 0.943. The second kappa shape index (κ2) is 5.62. The Kier molecular flexibility index (Phi) is 5.14. The van der Waals surface area contributed by atoms with Crippen molar-refractivity contribution in [2.75, 3.05) is 0 Å². The number of carbonyl (C=O) groups is 1. The normalized spacial score (nSPS) is 14.8. The zero-order valence-corrected chi connectivity index (χ0v) is 7.50. The molecule has 3 heteroatoms. The van der Waals surface area contributed by atoms with E-state index in [1.807, 2.05) is 13.8 Å². The van der Waals surface area contributed by atoms with Crippen LogP contribution < -0.4 is 5.32 Å². The van der Waals surface area contributed by atoms with Gasteiger partial charge < -0.3 is 10.4 Å². The van der Waals surface area contributed by atoms with E-state index in [0.29, 0.717) is 12.8 Å². The van der Waals surface area contributed by atoms with Gasteiger partial charge >= 0.3 is 5.97 Å².